The molecule has 1 fully saturated rings. The summed E-state index contributed by atoms with van der Waals surface area (Å²) in [6.45, 7) is -2.09. The number of rotatable bonds is 3. The molecule has 2 aliphatic heterocycles. The molecule has 0 unspecified atom stereocenters. The average molecular weight is 878 g/mol. The predicted molar refractivity (Wildman–Crippen MR) is 197 cm³/mol. The third-order valence-electron chi connectivity index (χ3n) is 10.0. The van der Waals surface area contributed by atoms with Crippen LogP contribution in [0.2, 0.25) is 15.8 Å². The van der Waals surface area contributed by atoms with Gasteiger partial charge in [0.1, 0.15) is 0 Å². The average Bonchev–Trinajstić information content (AvgIpc) is 3.80. The Labute approximate surface area is 308 Å². The maximum absolute atomic E-state index is 9.84. The van der Waals surface area contributed by atoms with Crippen molar-refractivity contribution in [2.45, 2.75) is 48.3 Å². The normalized spacial score (nSPS) is 15.6. The molecule has 49 heavy (non-hydrogen) atoms. The molecule has 4 nitrogen and oxygen atoms in total. The van der Waals surface area contributed by atoms with Crippen molar-refractivity contribution < 1.29 is 28.6 Å². The van der Waals surface area contributed by atoms with Gasteiger partial charge in [0.15, 0.2) is 0 Å². The van der Waals surface area contributed by atoms with Crippen molar-refractivity contribution in [1.29, 1.82) is 5.26 Å². The van der Waals surface area contributed by atoms with E-state index in [0.717, 1.165) is 62.0 Å². The minimum Gasteiger partial charge on any atom is -0.304 e. The van der Waals surface area contributed by atoms with E-state index in [1.54, 1.807) is 22.6 Å². The SMILES string of the molecule is N#Cc1ccc2c(oc3c(-c4cc5[c](cn4)[Ge]4([CH2]CC[CH2]4)[CH2]CC5)[c-]ccc32)c1-c1ccccc1.[2H]C([2H])([2H])c1ccc(-c2[c-]cccc2)nc1.[Ir]. The fraction of sp³-hybridized carbons (Fsp3) is 0.186. The van der Waals surface area contributed by atoms with Crippen LogP contribution in [0.15, 0.2) is 114 Å². The minimum atomic E-state index is -2.09. The number of benzene rings is 4. The molecule has 0 saturated carbocycles. The monoisotopic (exact) mass is 879 g/mol. The van der Waals surface area contributed by atoms with E-state index in [1.807, 2.05) is 66.7 Å². The second-order valence-electron chi connectivity index (χ2n) is 12.8. The van der Waals surface area contributed by atoms with Gasteiger partial charge in [-0.25, -0.2) is 0 Å². The summed E-state index contributed by atoms with van der Waals surface area (Å²) in [5, 5.41) is 16.4. The second kappa shape index (κ2) is 14.3. The minimum absolute atomic E-state index is 0. The van der Waals surface area contributed by atoms with Crippen molar-refractivity contribution in [3.05, 3.63) is 138 Å². The number of pyridine rings is 2. The molecule has 6 heteroatoms. The second-order valence-corrected chi connectivity index (χ2v) is 22.5. The zero-order chi connectivity index (χ0) is 35.0. The Balaban J connectivity index is 0.000000209. The smallest absolute Gasteiger partial charge is 0.0280 e. The van der Waals surface area contributed by atoms with Crippen molar-refractivity contribution in [3.63, 3.8) is 0 Å². The van der Waals surface area contributed by atoms with Crippen LogP contribution < -0.4 is 4.40 Å². The van der Waals surface area contributed by atoms with Crippen molar-refractivity contribution in [2.24, 2.45) is 0 Å². The van der Waals surface area contributed by atoms with Crippen LogP contribution in [0.25, 0.3) is 55.6 Å². The van der Waals surface area contributed by atoms with Gasteiger partial charge in [0.25, 0.3) is 0 Å². The summed E-state index contributed by atoms with van der Waals surface area (Å²) in [6.07, 6.45) is 8.96. The molecule has 0 bridgehead atoms. The molecular formula is C43H35GeIrN3O-2. The first-order chi connectivity index (χ1) is 24.8. The standard InChI is InChI=1S/C31H25GeN2O.C12H10N.Ir/c33-19-23-13-14-25-24-11-6-12-26(30(24)35-31(25)29(23)21-8-2-1-3-9-21)28-18-22-10-7-17-32(15-4-5-16-32)27(22)20-34-28;1-10-7-8-12(13-9-10)11-5-3-2-4-6-11;/h1-3,6,8-9,11,13-14,18,20H,4-5,7,10,15-17H2;2-5,7-9H,1H3;/q2*-1;/i;1D3;. The van der Waals surface area contributed by atoms with E-state index in [2.05, 4.69) is 41.5 Å². The Hall–Kier alpha value is -4.34. The molecule has 7 aromatic rings. The Kier molecular flexibility index (Phi) is 8.60. The first kappa shape index (κ1) is 29.6. The fourth-order valence-electron chi connectivity index (χ4n) is 7.73. The molecule has 243 valence electrons. The molecule has 0 aliphatic carbocycles. The molecule has 0 atom stereocenters. The fourth-order valence-corrected chi connectivity index (χ4v) is 19.2. The van der Waals surface area contributed by atoms with Crippen LogP contribution in [0, 0.1) is 30.3 Å². The number of nitrogens with zero attached hydrogens (tertiary/aromatic N) is 3. The predicted octanol–water partition coefficient (Wildman–Crippen LogP) is 10.2. The molecule has 9 rings (SSSR count). The molecule has 0 N–H and O–H groups in total. The van der Waals surface area contributed by atoms with Gasteiger partial charge < -0.3 is 4.98 Å². The number of fused-ring (bicyclic) bond motifs is 5. The first-order valence-corrected chi connectivity index (χ1v) is 22.1. The maximum atomic E-state index is 9.84. The van der Waals surface area contributed by atoms with Crippen molar-refractivity contribution >= 4 is 39.6 Å². The van der Waals surface area contributed by atoms with Gasteiger partial charge in [-0.1, -0.05) is 18.2 Å². The molecular weight excluding hydrogens is 839 g/mol. The van der Waals surface area contributed by atoms with Crippen molar-refractivity contribution in [2.75, 3.05) is 0 Å². The van der Waals surface area contributed by atoms with Gasteiger partial charge >= 0.3 is 202 Å². The van der Waals surface area contributed by atoms with Crippen LogP contribution in [-0.4, -0.2) is 23.2 Å². The van der Waals surface area contributed by atoms with E-state index in [9.17, 15) is 5.26 Å². The summed E-state index contributed by atoms with van der Waals surface area (Å²) in [6, 6.07) is 39.9. The van der Waals surface area contributed by atoms with Crippen molar-refractivity contribution in [3.8, 4) is 39.7 Å². The van der Waals surface area contributed by atoms with Gasteiger partial charge in [0, 0.05) is 30.4 Å². The first-order valence-electron chi connectivity index (χ1n) is 18.1. The molecule has 1 radical (unpaired) electrons. The topological polar surface area (TPSA) is 62.7 Å². The third-order valence-corrected chi connectivity index (χ3v) is 21.6. The van der Waals surface area contributed by atoms with Gasteiger partial charge in [0.2, 0.25) is 0 Å². The van der Waals surface area contributed by atoms with E-state index in [1.165, 1.54) is 46.8 Å². The van der Waals surface area contributed by atoms with E-state index < -0.39 is 20.1 Å². The van der Waals surface area contributed by atoms with Crippen LogP contribution in [-0.2, 0) is 26.5 Å². The summed E-state index contributed by atoms with van der Waals surface area (Å²) in [4.78, 5) is 9.14. The summed E-state index contributed by atoms with van der Waals surface area (Å²) in [5.74, 6) is 0. The zero-order valence-corrected chi connectivity index (χ0v) is 31.4. The third kappa shape index (κ3) is 6.30. The Bertz CT molecular complexity index is 2400. The molecule has 0 amide bonds. The van der Waals surface area contributed by atoms with Gasteiger partial charge in [-0.3, -0.25) is 0 Å². The molecule has 2 aliphatic rings. The van der Waals surface area contributed by atoms with Crippen LogP contribution in [0.5, 0.6) is 0 Å². The van der Waals surface area contributed by atoms with E-state index >= 15 is 0 Å². The number of hydrogen-bond acceptors (Lipinski definition) is 4. The van der Waals surface area contributed by atoms with Crippen LogP contribution >= 0.6 is 0 Å². The summed E-state index contributed by atoms with van der Waals surface area (Å²) >= 11 is -1.91. The van der Waals surface area contributed by atoms with Gasteiger partial charge in [-0.15, -0.1) is 35.9 Å². The van der Waals surface area contributed by atoms with E-state index in [4.69, 9.17) is 13.5 Å². The zero-order valence-electron chi connectivity index (χ0n) is 29.9. The maximum Gasteiger partial charge on any atom is 0.0280 e. The van der Waals surface area contributed by atoms with E-state index in [0.29, 0.717) is 5.56 Å². The molecule has 3 aromatic heterocycles. The Morgan fingerprint density at radius 1 is 0.796 bits per heavy atom. The molecule has 4 aromatic carbocycles. The number of nitriles is 1. The Morgan fingerprint density at radius 3 is 2.35 bits per heavy atom. The number of aromatic nitrogens is 2. The van der Waals surface area contributed by atoms with Crippen molar-refractivity contribution in [1.82, 2.24) is 9.97 Å². The molecule has 1 spiro atoms. The van der Waals surface area contributed by atoms with E-state index in [-0.39, 0.29) is 25.7 Å². The van der Waals surface area contributed by atoms with Crippen LogP contribution in [0.4, 0.5) is 0 Å². The molecule has 5 heterocycles. The summed E-state index contributed by atoms with van der Waals surface area (Å²) < 4.78 is 30.0. The largest absolute Gasteiger partial charge is 0.304 e. The number of furan rings is 1. The summed E-state index contributed by atoms with van der Waals surface area (Å²) in [7, 11) is 0. The van der Waals surface area contributed by atoms with Gasteiger partial charge in [-0.05, 0) is 18.1 Å². The number of hydrogen-bond donors (Lipinski definition) is 0. The van der Waals surface area contributed by atoms with Gasteiger partial charge in [-0.2, -0.15) is 0 Å². The molecule has 1 saturated heterocycles. The number of aryl methyl sites for hydroxylation is 2. The summed E-state index contributed by atoms with van der Waals surface area (Å²) in [5.41, 5.74) is 9.25. The van der Waals surface area contributed by atoms with Crippen LogP contribution in [0.3, 0.4) is 0 Å². The van der Waals surface area contributed by atoms with Gasteiger partial charge in [0.05, 0.1) is 0 Å². The Morgan fingerprint density at radius 2 is 1.59 bits per heavy atom. The van der Waals surface area contributed by atoms with Crippen LogP contribution in [0.1, 0.15) is 40.1 Å². The quantitative estimate of drug-likeness (QED) is 0.131.